The molecule has 1 atom stereocenters. The standard InChI is InChI=1S/C9H17N3O2/c1-2-3-4-5-10-9(14)7-6-8(13)12-11-7/h7,11H,2-6H2,1H3,(H,10,14)(H,12,13). The molecule has 3 N–H and O–H groups in total. The van der Waals surface area contributed by atoms with Gasteiger partial charge in [-0.1, -0.05) is 19.8 Å². The van der Waals surface area contributed by atoms with Crippen LogP contribution in [0.15, 0.2) is 0 Å². The molecular weight excluding hydrogens is 182 g/mol. The molecule has 0 aromatic heterocycles. The van der Waals surface area contributed by atoms with Crippen molar-refractivity contribution in [3.8, 4) is 0 Å². The molecule has 0 spiro atoms. The first kappa shape index (κ1) is 11.0. The lowest BCUT2D eigenvalue weighted by Gasteiger charge is -2.08. The van der Waals surface area contributed by atoms with Gasteiger partial charge < -0.3 is 5.32 Å². The van der Waals surface area contributed by atoms with Gasteiger partial charge in [0.15, 0.2) is 0 Å². The van der Waals surface area contributed by atoms with Crippen LogP contribution >= 0.6 is 0 Å². The van der Waals surface area contributed by atoms with Gasteiger partial charge in [-0.05, 0) is 6.42 Å². The molecule has 1 aliphatic heterocycles. The van der Waals surface area contributed by atoms with Crippen molar-refractivity contribution in [3.63, 3.8) is 0 Å². The Hall–Kier alpha value is -1.10. The van der Waals surface area contributed by atoms with E-state index in [4.69, 9.17) is 0 Å². The highest BCUT2D eigenvalue weighted by Crippen LogP contribution is 1.98. The van der Waals surface area contributed by atoms with Crippen LogP contribution in [0.1, 0.15) is 32.6 Å². The maximum atomic E-state index is 11.4. The zero-order chi connectivity index (χ0) is 10.4. The summed E-state index contributed by atoms with van der Waals surface area (Å²) in [7, 11) is 0. The fraction of sp³-hybridized carbons (Fsp3) is 0.778. The van der Waals surface area contributed by atoms with Crippen molar-refractivity contribution in [2.24, 2.45) is 0 Å². The highest BCUT2D eigenvalue weighted by atomic mass is 16.2. The van der Waals surface area contributed by atoms with Crippen molar-refractivity contribution in [3.05, 3.63) is 0 Å². The molecule has 80 valence electrons. The minimum absolute atomic E-state index is 0.0977. The van der Waals surface area contributed by atoms with E-state index in [0.29, 0.717) is 6.54 Å². The highest BCUT2D eigenvalue weighted by Gasteiger charge is 2.26. The largest absolute Gasteiger partial charge is 0.355 e. The monoisotopic (exact) mass is 199 g/mol. The molecule has 5 nitrogen and oxygen atoms in total. The number of hydrazine groups is 1. The van der Waals surface area contributed by atoms with E-state index in [-0.39, 0.29) is 18.2 Å². The van der Waals surface area contributed by atoms with Gasteiger partial charge in [0.05, 0.1) is 6.42 Å². The summed E-state index contributed by atoms with van der Waals surface area (Å²) >= 11 is 0. The van der Waals surface area contributed by atoms with Gasteiger partial charge in [-0.25, -0.2) is 5.43 Å². The first-order valence-electron chi connectivity index (χ1n) is 5.06. The average Bonchev–Trinajstić information content (AvgIpc) is 2.59. The third kappa shape index (κ3) is 3.33. The number of amides is 2. The van der Waals surface area contributed by atoms with E-state index >= 15 is 0 Å². The third-order valence-corrected chi connectivity index (χ3v) is 2.17. The van der Waals surface area contributed by atoms with Crippen LogP contribution in [0, 0.1) is 0 Å². The quantitative estimate of drug-likeness (QED) is 0.532. The van der Waals surface area contributed by atoms with Crippen LogP contribution in [0.4, 0.5) is 0 Å². The second-order valence-electron chi connectivity index (χ2n) is 3.45. The van der Waals surface area contributed by atoms with Crippen LogP contribution in [0.5, 0.6) is 0 Å². The predicted molar refractivity (Wildman–Crippen MR) is 52.2 cm³/mol. The molecule has 0 aliphatic carbocycles. The molecule has 1 saturated heterocycles. The Morgan fingerprint density at radius 3 is 2.93 bits per heavy atom. The lowest BCUT2D eigenvalue weighted by Crippen LogP contribution is -2.43. The summed E-state index contributed by atoms with van der Waals surface area (Å²) in [6.45, 7) is 2.81. The average molecular weight is 199 g/mol. The third-order valence-electron chi connectivity index (χ3n) is 2.17. The molecule has 1 rings (SSSR count). The number of hydrogen-bond acceptors (Lipinski definition) is 3. The normalized spacial score (nSPS) is 20.6. The van der Waals surface area contributed by atoms with E-state index in [2.05, 4.69) is 23.1 Å². The summed E-state index contributed by atoms with van der Waals surface area (Å²) in [6, 6.07) is -0.399. The molecule has 0 bridgehead atoms. The fourth-order valence-corrected chi connectivity index (χ4v) is 1.32. The van der Waals surface area contributed by atoms with Crippen LogP contribution in [0.3, 0.4) is 0 Å². The van der Waals surface area contributed by atoms with Gasteiger partial charge in [0.1, 0.15) is 6.04 Å². The summed E-state index contributed by atoms with van der Waals surface area (Å²) in [5, 5.41) is 2.79. The smallest absolute Gasteiger partial charge is 0.239 e. The molecule has 0 radical (unpaired) electrons. The Morgan fingerprint density at radius 2 is 2.36 bits per heavy atom. The lowest BCUT2D eigenvalue weighted by atomic mass is 10.2. The zero-order valence-electron chi connectivity index (χ0n) is 8.43. The Labute approximate surface area is 83.6 Å². The van der Waals surface area contributed by atoms with Crippen LogP contribution in [0.25, 0.3) is 0 Å². The first-order valence-corrected chi connectivity index (χ1v) is 5.06. The van der Waals surface area contributed by atoms with Gasteiger partial charge in [0.25, 0.3) is 0 Å². The number of hydrogen-bond donors (Lipinski definition) is 3. The van der Waals surface area contributed by atoms with E-state index in [1.807, 2.05) is 0 Å². The SMILES string of the molecule is CCCCCNC(=O)C1CC(=O)NN1. The molecule has 0 aromatic carbocycles. The van der Waals surface area contributed by atoms with Crippen molar-refractivity contribution in [2.75, 3.05) is 6.54 Å². The van der Waals surface area contributed by atoms with Crippen LogP contribution < -0.4 is 16.2 Å². The summed E-state index contributed by atoms with van der Waals surface area (Å²) in [4.78, 5) is 22.2. The van der Waals surface area contributed by atoms with Gasteiger partial charge in [-0.15, -0.1) is 0 Å². The second-order valence-corrected chi connectivity index (χ2v) is 3.45. The number of rotatable bonds is 5. The fourth-order valence-electron chi connectivity index (χ4n) is 1.32. The van der Waals surface area contributed by atoms with E-state index in [9.17, 15) is 9.59 Å². The summed E-state index contributed by atoms with van der Waals surface area (Å²) in [5.41, 5.74) is 5.04. The van der Waals surface area contributed by atoms with Gasteiger partial charge >= 0.3 is 0 Å². The topological polar surface area (TPSA) is 70.2 Å². The van der Waals surface area contributed by atoms with Gasteiger partial charge in [-0.3, -0.25) is 15.0 Å². The molecular formula is C9H17N3O2. The van der Waals surface area contributed by atoms with Crippen molar-refractivity contribution < 1.29 is 9.59 Å². The van der Waals surface area contributed by atoms with Gasteiger partial charge in [0, 0.05) is 6.54 Å². The number of unbranched alkanes of at least 4 members (excludes halogenated alkanes) is 2. The molecule has 1 fully saturated rings. The summed E-state index contributed by atoms with van der Waals surface area (Å²) < 4.78 is 0. The molecule has 0 aromatic rings. The van der Waals surface area contributed by atoms with Crippen molar-refractivity contribution >= 4 is 11.8 Å². The number of nitrogens with one attached hydrogen (secondary N) is 3. The van der Waals surface area contributed by atoms with Crippen LogP contribution in [-0.4, -0.2) is 24.4 Å². The van der Waals surface area contributed by atoms with E-state index < -0.39 is 6.04 Å². The second kappa shape index (κ2) is 5.59. The zero-order valence-corrected chi connectivity index (χ0v) is 8.43. The maximum absolute atomic E-state index is 11.4. The van der Waals surface area contributed by atoms with Crippen molar-refractivity contribution in [1.29, 1.82) is 0 Å². The van der Waals surface area contributed by atoms with Gasteiger partial charge in [-0.2, -0.15) is 0 Å². The van der Waals surface area contributed by atoms with E-state index in [1.54, 1.807) is 0 Å². The maximum Gasteiger partial charge on any atom is 0.239 e. The van der Waals surface area contributed by atoms with E-state index in [0.717, 1.165) is 19.3 Å². The molecule has 1 unspecified atom stereocenters. The number of carbonyl (C=O) groups is 2. The molecule has 1 aliphatic rings. The Morgan fingerprint density at radius 1 is 1.57 bits per heavy atom. The Balaban J connectivity index is 2.12. The number of carbonyl (C=O) groups excluding carboxylic acids is 2. The van der Waals surface area contributed by atoms with Crippen LogP contribution in [-0.2, 0) is 9.59 Å². The van der Waals surface area contributed by atoms with Crippen molar-refractivity contribution in [2.45, 2.75) is 38.6 Å². The van der Waals surface area contributed by atoms with Crippen LogP contribution in [0.2, 0.25) is 0 Å². The molecule has 0 saturated carbocycles. The van der Waals surface area contributed by atoms with Gasteiger partial charge in [0.2, 0.25) is 11.8 Å². The summed E-state index contributed by atoms with van der Waals surface area (Å²) in [6.07, 6.45) is 3.49. The molecule has 5 heteroatoms. The highest BCUT2D eigenvalue weighted by molar-refractivity contribution is 5.90. The minimum Gasteiger partial charge on any atom is -0.355 e. The summed E-state index contributed by atoms with van der Waals surface area (Å²) in [5.74, 6) is -0.224. The molecule has 14 heavy (non-hydrogen) atoms. The predicted octanol–water partition coefficient (Wildman–Crippen LogP) is -0.314. The molecule has 1 heterocycles. The lowest BCUT2D eigenvalue weighted by molar-refractivity contribution is -0.124. The first-order chi connectivity index (χ1) is 6.74. The Bertz CT molecular complexity index is 218. The van der Waals surface area contributed by atoms with E-state index in [1.165, 1.54) is 0 Å². The molecule has 2 amide bonds. The van der Waals surface area contributed by atoms with Crippen molar-refractivity contribution in [1.82, 2.24) is 16.2 Å². The minimum atomic E-state index is -0.399. The Kier molecular flexibility index (Phi) is 4.39.